The molecule has 31 heavy (non-hydrogen) atoms. The van der Waals surface area contributed by atoms with E-state index in [2.05, 4.69) is 28.9 Å². The number of anilines is 1. The second-order valence-electron chi connectivity index (χ2n) is 6.85. The Morgan fingerprint density at radius 2 is 1.97 bits per heavy atom. The molecule has 0 bridgehead atoms. The molecule has 1 heterocycles. The van der Waals surface area contributed by atoms with E-state index < -0.39 is 0 Å². The Morgan fingerprint density at radius 3 is 2.58 bits per heavy atom. The highest BCUT2D eigenvalue weighted by Crippen LogP contribution is 2.28. The average molecular weight is 419 g/mol. The van der Waals surface area contributed by atoms with Crippen LogP contribution in [0, 0.1) is 5.82 Å². The van der Waals surface area contributed by atoms with E-state index in [9.17, 15) is 4.39 Å². The first-order valence-electron chi connectivity index (χ1n) is 9.93. The predicted molar refractivity (Wildman–Crippen MR) is 126 cm³/mol. The van der Waals surface area contributed by atoms with Crippen molar-refractivity contribution in [3.63, 3.8) is 0 Å². The van der Waals surface area contributed by atoms with Gasteiger partial charge in [0.05, 0.1) is 30.4 Å². The molecule has 0 spiro atoms. The molecule has 0 saturated carbocycles. The Bertz CT molecular complexity index is 1110. The second kappa shape index (κ2) is 9.80. The van der Waals surface area contributed by atoms with E-state index in [-0.39, 0.29) is 5.82 Å². The van der Waals surface area contributed by atoms with Crippen LogP contribution in [-0.2, 0) is 6.54 Å². The van der Waals surface area contributed by atoms with Crippen molar-refractivity contribution in [2.45, 2.75) is 13.5 Å². The molecule has 0 fully saturated rings. The summed E-state index contributed by atoms with van der Waals surface area (Å²) >= 11 is 0. The summed E-state index contributed by atoms with van der Waals surface area (Å²) in [5, 5.41) is 11.0. The minimum Gasteiger partial charge on any atom is -0.495 e. The predicted octanol–water partition coefficient (Wildman–Crippen LogP) is 5.41. The van der Waals surface area contributed by atoms with Gasteiger partial charge in [-0.3, -0.25) is 0 Å². The van der Waals surface area contributed by atoms with Crippen LogP contribution in [0.25, 0.3) is 17.3 Å². The lowest BCUT2D eigenvalue weighted by molar-refractivity contribution is 0.416. The smallest absolute Gasteiger partial charge is 0.142 e. The maximum absolute atomic E-state index is 13.3. The zero-order chi connectivity index (χ0) is 22.4. The van der Waals surface area contributed by atoms with Crippen LogP contribution >= 0.6 is 0 Å². The highest BCUT2D eigenvalue weighted by Gasteiger charge is 2.15. The summed E-state index contributed by atoms with van der Waals surface area (Å²) in [5.41, 5.74) is 6.14. The number of rotatable bonds is 9. The van der Waals surface area contributed by atoms with Crippen LogP contribution in [-0.4, -0.2) is 23.9 Å². The van der Waals surface area contributed by atoms with Crippen LogP contribution in [0.5, 0.6) is 5.75 Å². The summed E-state index contributed by atoms with van der Waals surface area (Å²) in [7, 11) is 3.51. The van der Waals surface area contributed by atoms with Gasteiger partial charge >= 0.3 is 0 Å². The van der Waals surface area contributed by atoms with Crippen LogP contribution in [0.15, 0.2) is 73.6 Å². The van der Waals surface area contributed by atoms with Gasteiger partial charge in [-0.15, -0.1) is 0 Å². The van der Waals surface area contributed by atoms with Gasteiger partial charge in [0.1, 0.15) is 11.6 Å². The van der Waals surface area contributed by atoms with Crippen LogP contribution in [0.1, 0.15) is 23.7 Å². The molecule has 0 aliphatic carbocycles. The SMILES string of the molecule is C=Cc1c(/C(=C\C)C(=C)NCc2ccc(NC)c(OC)c2)cnn1-c1ccc(F)cc1. The number of hydrogen-bond donors (Lipinski definition) is 2. The molecule has 0 aliphatic heterocycles. The van der Waals surface area contributed by atoms with Gasteiger partial charge in [0, 0.05) is 30.4 Å². The number of halogens is 1. The van der Waals surface area contributed by atoms with Gasteiger partial charge in [-0.1, -0.05) is 25.3 Å². The zero-order valence-corrected chi connectivity index (χ0v) is 18.1. The maximum atomic E-state index is 13.3. The van der Waals surface area contributed by atoms with Crippen molar-refractivity contribution in [2.75, 3.05) is 19.5 Å². The van der Waals surface area contributed by atoms with E-state index in [4.69, 9.17) is 4.74 Å². The van der Waals surface area contributed by atoms with E-state index in [1.807, 2.05) is 38.2 Å². The number of nitrogens with zero attached hydrogens (tertiary/aromatic N) is 2. The van der Waals surface area contributed by atoms with Crippen molar-refractivity contribution in [3.8, 4) is 11.4 Å². The van der Waals surface area contributed by atoms with Crippen LogP contribution in [0.4, 0.5) is 10.1 Å². The number of allylic oxidation sites excluding steroid dienone is 2. The summed E-state index contributed by atoms with van der Waals surface area (Å²) < 4.78 is 20.5. The van der Waals surface area contributed by atoms with Crippen LogP contribution in [0.3, 0.4) is 0 Å². The van der Waals surface area contributed by atoms with Gasteiger partial charge in [-0.05, 0) is 55.0 Å². The van der Waals surface area contributed by atoms with Gasteiger partial charge in [-0.2, -0.15) is 5.10 Å². The lowest BCUT2D eigenvalue weighted by Gasteiger charge is -2.15. The molecule has 0 atom stereocenters. The Balaban J connectivity index is 1.81. The minimum atomic E-state index is -0.289. The third kappa shape index (κ3) is 4.69. The van der Waals surface area contributed by atoms with Crippen molar-refractivity contribution in [2.24, 2.45) is 0 Å². The van der Waals surface area contributed by atoms with Crippen molar-refractivity contribution >= 4 is 17.3 Å². The molecule has 3 aromatic rings. The molecule has 5 nitrogen and oxygen atoms in total. The molecule has 6 heteroatoms. The topological polar surface area (TPSA) is 51.1 Å². The Kier molecular flexibility index (Phi) is 6.92. The lowest BCUT2D eigenvalue weighted by atomic mass is 10.0. The molecular weight excluding hydrogens is 391 g/mol. The van der Waals surface area contributed by atoms with E-state index in [1.54, 1.807) is 36.2 Å². The summed E-state index contributed by atoms with van der Waals surface area (Å²) in [6.45, 7) is 10.7. The molecule has 1 aromatic heterocycles. The highest BCUT2D eigenvalue weighted by molar-refractivity contribution is 5.82. The Hall–Kier alpha value is -3.80. The summed E-state index contributed by atoms with van der Waals surface area (Å²) in [4.78, 5) is 0. The fourth-order valence-corrected chi connectivity index (χ4v) is 3.40. The fraction of sp³-hybridized carbons (Fsp3) is 0.160. The van der Waals surface area contributed by atoms with E-state index in [1.165, 1.54) is 12.1 Å². The number of nitrogens with one attached hydrogen (secondary N) is 2. The summed E-state index contributed by atoms with van der Waals surface area (Å²) in [6, 6.07) is 12.2. The van der Waals surface area contributed by atoms with Gasteiger partial charge in [-0.25, -0.2) is 9.07 Å². The van der Waals surface area contributed by atoms with Crippen molar-refractivity contribution in [1.82, 2.24) is 15.1 Å². The van der Waals surface area contributed by atoms with E-state index in [0.717, 1.165) is 45.2 Å². The van der Waals surface area contributed by atoms with E-state index in [0.29, 0.717) is 6.54 Å². The molecule has 0 unspecified atom stereocenters. The normalized spacial score (nSPS) is 11.2. The highest BCUT2D eigenvalue weighted by atomic mass is 19.1. The monoisotopic (exact) mass is 418 g/mol. The molecular formula is C25H27FN4O. The fourth-order valence-electron chi connectivity index (χ4n) is 3.40. The number of methoxy groups -OCH3 is 1. The first kappa shape index (κ1) is 21.9. The molecule has 0 saturated heterocycles. The minimum absolute atomic E-state index is 0.289. The second-order valence-corrected chi connectivity index (χ2v) is 6.85. The molecule has 0 radical (unpaired) electrons. The standard InChI is InChI=1S/C25H27FN4O/c1-6-21(17(3)28-15-18-8-13-23(27-4)25(14-18)31-5)22-16-29-30(24(22)7-2)20-11-9-19(26)10-12-20/h6-14,16,27-28H,2-3,15H2,1,4-5H3/b21-6-. The Labute approximate surface area is 182 Å². The number of benzene rings is 2. The third-order valence-corrected chi connectivity index (χ3v) is 5.02. The van der Waals surface area contributed by atoms with Crippen molar-refractivity contribution in [3.05, 3.63) is 96.2 Å². The van der Waals surface area contributed by atoms with Crippen LogP contribution in [0.2, 0.25) is 0 Å². The van der Waals surface area contributed by atoms with Crippen LogP contribution < -0.4 is 15.4 Å². The molecule has 2 aromatic carbocycles. The lowest BCUT2D eigenvalue weighted by Crippen LogP contribution is -2.14. The number of hydrogen-bond acceptors (Lipinski definition) is 4. The van der Waals surface area contributed by atoms with Gasteiger partial charge < -0.3 is 15.4 Å². The van der Waals surface area contributed by atoms with Gasteiger partial charge in [0.15, 0.2) is 0 Å². The average Bonchev–Trinajstić information content (AvgIpc) is 3.22. The first-order chi connectivity index (χ1) is 15.0. The summed E-state index contributed by atoms with van der Waals surface area (Å²) in [6.07, 6.45) is 5.50. The molecule has 160 valence electrons. The Morgan fingerprint density at radius 1 is 1.23 bits per heavy atom. The number of aromatic nitrogens is 2. The quantitative estimate of drug-likeness (QED) is 0.456. The van der Waals surface area contributed by atoms with Gasteiger partial charge in [0.25, 0.3) is 0 Å². The molecule has 3 rings (SSSR count). The van der Waals surface area contributed by atoms with Crippen molar-refractivity contribution < 1.29 is 9.13 Å². The van der Waals surface area contributed by atoms with E-state index >= 15 is 0 Å². The molecule has 0 aliphatic rings. The maximum Gasteiger partial charge on any atom is 0.142 e. The molecule has 2 N–H and O–H groups in total. The van der Waals surface area contributed by atoms with Crippen molar-refractivity contribution in [1.29, 1.82) is 0 Å². The zero-order valence-electron chi connectivity index (χ0n) is 18.1. The van der Waals surface area contributed by atoms with Gasteiger partial charge in [0.2, 0.25) is 0 Å². The third-order valence-electron chi connectivity index (χ3n) is 5.02. The summed E-state index contributed by atoms with van der Waals surface area (Å²) in [5.74, 6) is 0.496. The number of ether oxygens (including phenoxy) is 1. The largest absolute Gasteiger partial charge is 0.495 e. The molecule has 0 amide bonds. The first-order valence-corrected chi connectivity index (χ1v) is 9.93.